The van der Waals surface area contributed by atoms with Gasteiger partial charge in [0.1, 0.15) is 30.4 Å². The fourth-order valence-corrected chi connectivity index (χ4v) is 2.38. The second-order valence-electron chi connectivity index (χ2n) is 4.60. The summed E-state index contributed by atoms with van der Waals surface area (Å²) in [4.78, 5) is 14.0. The molecule has 1 saturated heterocycles. The van der Waals surface area contributed by atoms with E-state index in [1.54, 1.807) is 18.2 Å². The molecule has 3 aliphatic rings. The van der Waals surface area contributed by atoms with Gasteiger partial charge >= 0.3 is 0 Å². The largest absolute Gasteiger partial charge is 0.388 e. The highest BCUT2D eigenvalue weighted by Crippen LogP contribution is 2.29. The Morgan fingerprint density at radius 2 is 2.11 bits per heavy atom. The van der Waals surface area contributed by atoms with Crippen LogP contribution in [0.15, 0.2) is 15.0 Å². The molecular weight excluding hydrogens is 238 g/mol. The molecule has 98 valence electrons. The number of aliphatic hydroxyl groups excluding tert-OH is 2. The summed E-state index contributed by atoms with van der Waals surface area (Å²) in [6.07, 6.45) is -0.465. The second-order valence-corrected chi connectivity index (χ2v) is 4.60. The molecule has 0 aromatic heterocycles. The van der Waals surface area contributed by atoms with Crippen LogP contribution in [-0.2, 0) is 4.74 Å². The normalized spacial score (nSPS) is 46.4. The summed E-state index contributed by atoms with van der Waals surface area (Å²) in [7, 11) is 0. The van der Waals surface area contributed by atoms with Gasteiger partial charge in [-0.05, 0) is 6.92 Å². The van der Waals surface area contributed by atoms with E-state index in [-0.39, 0.29) is 12.2 Å². The number of hydrogen-bond acceptors (Lipinski definition) is 8. The molecule has 8 nitrogen and oxygen atoms in total. The van der Waals surface area contributed by atoms with Crippen LogP contribution in [0, 0.1) is 0 Å². The van der Waals surface area contributed by atoms with Crippen LogP contribution < -0.4 is 5.73 Å². The molecule has 0 saturated carbocycles. The fourth-order valence-electron chi connectivity index (χ4n) is 2.38. The lowest BCUT2D eigenvalue weighted by molar-refractivity contribution is -0.0639. The summed E-state index contributed by atoms with van der Waals surface area (Å²) in [5, 5.41) is 19.7. The minimum atomic E-state index is -1.000. The zero-order valence-electron chi connectivity index (χ0n) is 9.79. The maximum atomic E-state index is 9.95. The van der Waals surface area contributed by atoms with Crippen LogP contribution in [0.5, 0.6) is 0 Å². The Bertz CT molecular complexity index is 437. The van der Waals surface area contributed by atoms with Crippen molar-refractivity contribution in [2.75, 3.05) is 0 Å². The zero-order chi connectivity index (χ0) is 12.9. The van der Waals surface area contributed by atoms with Crippen molar-refractivity contribution in [3.8, 4) is 0 Å². The third-order valence-corrected chi connectivity index (χ3v) is 3.45. The predicted octanol–water partition coefficient (Wildman–Crippen LogP) is -2.11. The number of nitrogens with two attached hydrogens (primary N) is 1. The van der Waals surface area contributed by atoms with Crippen LogP contribution in [0.3, 0.4) is 0 Å². The van der Waals surface area contributed by atoms with Crippen molar-refractivity contribution < 1.29 is 14.9 Å². The van der Waals surface area contributed by atoms with Crippen molar-refractivity contribution in [3.05, 3.63) is 0 Å². The molecule has 0 radical (unpaired) electrons. The molecular formula is C10H15N5O3. The quantitative estimate of drug-likeness (QED) is 0.494. The van der Waals surface area contributed by atoms with Gasteiger partial charge < -0.3 is 25.6 Å². The fraction of sp³-hybridized carbons (Fsp3) is 0.700. The molecule has 4 N–H and O–H groups in total. The van der Waals surface area contributed by atoms with Crippen LogP contribution in [-0.4, -0.2) is 70.4 Å². The molecule has 1 unspecified atom stereocenters. The first-order valence-electron chi connectivity index (χ1n) is 5.77. The van der Waals surface area contributed by atoms with Gasteiger partial charge in [0.25, 0.3) is 0 Å². The number of nitrogens with zero attached hydrogens (tertiary/aromatic N) is 4. The van der Waals surface area contributed by atoms with Gasteiger partial charge in [0.15, 0.2) is 12.4 Å². The number of ether oxygens (including phenoxy) is 1. The lowest BCUT2D eigenvalue weighted by Gasteiger charge is -2.31. The molecule has 6 atom stereocenters. The highest BCUT2D eigenvalue weighted by molar-refractivity contribution is 5.96. The van der Waals surface area contributed by atoms with Gasteiger partial charge in [-0.1, -0.05) is 0 Å². The topological polar surface area (TPSA) is 116 Å². The second kappa shape index (κ2) is 4.01. The van der Waals surface area contributed by atoms with Crippen molar-refractivity contribution in [2.24, 2.45) is 20.7 Å². The number of rotatable bonds is 1. The van der Waals surface area contributed by atoms with E-state index < -0.39 is 24.5 Å². The summed E-state index contributed by atoms with van der Waals surface area (Å²) in [5.74, 6) is 0.384. The Kier molecular flexibility index (Phi) is 2.58. The summed E-state index contributed by atoms with van der Waals surface area (Å²) in [6, 6.07) is -0.348. The van der Waals surface area contributed by atoms with Crippen LogP contribution in [0.4, 0.5) is 0 Å². The highest BCUT2D eigenvalue weighted by Gasteiger charge is 2.48. The third-order valence-electron chi connectivity index (χ3n) is 3.45. The third kappa shape index (κ3) is 1.53. The standard InChI is InChI=1S/C10H15N5O3/c1-4-6(16)7(17)10(18-4)15-3-14-5-8(11)12-2-13-9(5)15/h2-7,9-10,16-17H,1H3,(H2,11,12,13)/t4-,5?,6-,7-,9+,10-/m1/s1. The van der Waals surface area contributed by atoms with E-state index in [2.05, 4.69) is 15.0 Å². The average molecular weight is 253 g/mol. The Labute approximate surface area is 103 Å². The minimum Gasteiger partial charge on any atom is -0.388 e. The van der Waals surface area contributed by atoms with E-state index in [4.69, 9.17) is 10.5 Å². The minimum absolute atomic E-state index is 0.348. The SMILES string of the molecule is C[C@H]1O[C@@H](N2C=NC3C(N)=NC=N[C@H]32)[C@H](O)[C@@H]1O. The highest BCUT2D eigenvalue weighted by atomic mass is 16.6. The number of aliphatic imine (C=N–C) groups is 3. The summed E-state index contributed by atoms with van der Waals surface area (Å²) >= 11 is 0. The zero-order valence-corrected chi connectivity index (χ0v) is 9.79. The lowest BCUT2D eigenvalue weighted by atomic mass is 10.1. The monoisotopic (exact) mass is 253 g/mol. The molecule has 18 heavy (non-hydrogen) atoms. The number of aliphatic hydroxyl groups is 2. The van der Waals surface area contributed by atoms with Crippen LogP contribution >= 0.6 is 0 Å². The van der Waals surface area contributed by atoms with Gasteiger partial charge in [0, 0.05) is 0 Å². The molecule has 0 bridgehead atoms. The molecule has 1 fully saturated rings. The van der Waals surface area contributed by atoms with Crippen molar-refractivity contribution >= 4 is 18.5 Å². The summed E-state index contributed by atoms with van der Waals surface area (Å²) < 4.78 is 5.53. The van der Waals surface area contributed by atoms with E-state index in [0.29, 0.717) is 5.84 Å². The van der Waals surface area contributed by atoms with Crippen LogP contribution in [0.2, 0.25) is 0 Å². The van der Waals surface area contributed by atoms with Crippen molar-refractivity contribution in [1.82, 2.24) is 4.90 Å². The first kappa shape index (κ1) is 11.6. The Balaban J connectivity index is 1.82. The molecule has 0 aliphatic carbocycles. The molecule has 3 heterocycles. The molecule has 0 aromatic rings. The average Bonchev–Trinajstić information content (AvgIpc) is 2.88. The number of fused-ring (bicyclic) bond motifs is 1. The predicted molar refractivity (Wildman–Crippen MR) is 64.4 cm³/mol. The summed E-state index contributed by atoms with van der Waals surface area (Å²) in [5.41, 5.74) is 5.74. The van der Waals surface area contributed by atoms with Gasteiger partial charge in [0.05, 0.1) is 12.4 Å². The molecule has 0 amide bonds. The molecule has 8 heteroatoms. The van der Waals surface area contributed by atoms with Gasteiger partial charge in [0.2, 0.25) is 0 Å². The maximum absolute atomic E-state index is 9.95. The summed E-state index contributed by atoms with van der Waals surface area (Å²) in [6.45, 7) is 1.71. The van der Waals surface area contributed by atoms with Crippen LogP contribution in [0.1, 0.15) is 6.92 Å². The first-order valence-corrected chi connectivity index (χ1v) is 5.77. The smallest absolute Gasteiger partial charge is 0.161 e. The van der Waals surface area contributed by atoms with Crippen molar-refractivity contribution in [3.63, 3.8) is 0 Å². The molecule has 3 rings (SSSR count). The van der Waals surface area contributed by atoms with Gasteiger partial charge in [-0.2, -0.15) is 0 Å². The van der Waals surface area contributed by atoms with E-state index in [0.717, 1.165) is 0 Å². The maximum Gasteiger partial charge on any atom is 0.161 e. The van der Waals surface area contributed by atoms with E-state index >= 15 is 0 Å². The Morgan fingerprint density at radius 3 is 2.78 bits per heavy atom. The van der Waals surface area contributed by atoms with Crippen LogP contribution in [0.25, 0.3) is 0 Å². The van der Waals surface area contributed by atoms with Gasteiger partial charge in [-0.15, -0.1) is 0 Å². The van der Waals surface area contributed by atoms with E-state index in [1.165, 1.54) is 6.34 Å². The number of amidine groups is 1. The Hall–Kier alpha value is -1.51. The van der Waals surface area contributed by atoms with Crippen molar-refractivity contribution in [1.29, 1.82) is 0 Å². The first-order chi connectivity index (χ1) is 8.59. The Morgan fingerprint density at radius 1 is 1.33 bits per heavy atom. The molecule has 0 spiro atoms. The molecule has 3 aliphatic heterocycles. The van der Waals surface area contributed by atoms with Crippen molar-refractivity contribution in [2.45, 2.75) is 43.7 Å². The lowest BCUT2D eigenvalue weighted by Crippen LogP contribution is -2.51. The molecule has 0 aromatic carbocycles. The van der Waals surface area contributed by atoms with E-state index in [1.807, 2.05) is 0 Å². The van der Waals surface area contributed by atoms with Gasteiger partial charge in [-0.25, -0.2) is 9.98 Å². The number of hydrogen-bond donors (Lipinski definition) is 3. The van der Waals surface area contributed by atoms with Gasteiger partial charge in [-0.3, -0.25) is 4.99 Å². The van der Waals surface area contributed by atoms with E-state index in [9.17, 15) is 10.2 Å².